The monoisotopic (exact) mass is 773 g/mol. The van der Waals surface area contributed by atoms with Crippen molar-refractivity contribution in [3.05, 3.63) is 12.3 Å². The Labute approximate surface area is 307 Å². The number of nitrogens with zero attached hydrogens (tertiary/aromatic N) is 2. The van der Waals surface area contributed by atoms with E-state index in [1.54, 1.807) is 11.8 Å². The minimum Gasteiger partial charge on any atom is -0.394 e. The molecular formula is C32H59N3O18. The zero-order valence-corrected chi connectivity index (χ0v) is 30.2. The summed E-state index contributed by atoms with van der Waals surface area (Å²) in [5.41, 5.74) is 0.521. The van der Waals surface area contributed by atoms with Crippen LogP contribution in [-0.4, -0.2) is 236 Å². The Hall–Kier alpha value is -1.71. The van der Waals surface area contributed by atoms with E-state index in [-0.39, 0.29) is 58.6 Å². The standard InChI is InChI=1S/C32H59N3O18/c1-15(2)35(11-16(3)33-5-8-48-30-27(45)24(42)21(39)17(4)51-30)12-20(38)34(6-9-49-31-28(46)25(43)22(40)18(13-36)52-31)7-10-50-32-29(47)26(44)23(41)19(14-37)53-32/h15,17-19,21-33,36-37,39-47H,3,5-14H2,1-2,4H3/t17-,18+,19+,21+,22+,23+,24+,25-,26-,27-,28-,29-,30+,31?,32?/m0/s1. The van der Waals surface area contributed by atoms with Crippen molar-refractivity contribution in [2.75, 3.05) is 65.8 Å². The lowest BCUT2D eigenvalue weighted by Gasteiger charge is -2.40. The molecule has 0 bridgehead atoms. The van der Waals surface area contributed by atoms with Gasteiger partial charge in [0.25, 0.3) is 0 Å². The van der Waals surface area contributed by atoms with Crippen molar-refractivity contribution in [2.45, 2.75) is 119 Å². The molecule has 3 rings (SSSR count). The lowest BCUT2D eigenvalue weighted by Crippen LogP contribution is -2.59. The first-order valence-corrected chi connectivity index (χ1v) is 17.6. The molecule has 0 aliphatic carbocycles. The number of aliphatic hydroxyl groups excluding tert-OH is 11. The number of hydrogen-bond acceptors (Lipinski definition) is 20. The molecule has 12 N–H and O–H groups in total. The number of rotatable bonds is 20. The first kappa shape index (κ1) is 45.7. The highest BCUT2D eigenvalue weighted by Crippen LogP contribution is 2.24. The third-order valence-electron chi connectivity index (χ3n) is 9.37. The molecule has 21 nitrogen and oxygen atoms in total. The molecule has 1 amide bonds. The fourth-order valence-electron chi connectivity index (χ4n) is 5.88. The van der Waals surface area contributed by atoms with Gasteiger partial charge in [0.05, 0.1) is 45.7 Å². The fraction of sp³-hybridized carbons (Fsp3) is 0.906. The van der Waals surface area contributed by atoms with Gasteiger partial charge >= 0.3 is 0 Å². The van der Waals surface area contributed by atoms with E-state index < -0.39 is 111 Å². The predicted molar refractivity (Wildman–Crippen MR) is 178 cm³/mol. The normalized spacial score (nSPS) is 37.9. The van der Waals surface area contributed by atoms with E-state index in [4.69, 9.17) is 28.4 Å². The Morgan fingerprint density at radius 3 is 1.55 bits per heavy atom. The number of ether oxygens (including phenoxy) is 6. The third-order valence-corrected chi connectivity index (χ3v) is 9.37. The van der Waals surface area contributed by atoms with E-state index in [0.717, 1.165) is 0 Å². The summed E-state index contributed by atoms with van der Waals surface area (Å²) in [7, 11) is 0. The minimum absolute atomic E-state index is 0.0492. The fourth-order valence-corrected chi connectivity index (χ4v) is 5.88. The Bertz CT molecular complexity index is 1070. The van der Waals surface area contributed by atoms with Gasteiger partial charge in [-0.15, -0.1) is 0 Å². The molecule has 2 unspecified atom stereocenters. The van der Waals surface area contributed by atoms with Crippen LogP contribution in [0.25, 0.3) is 0 Å². The molecule has 0 aromatic carbocycles. The molecule has 3 heterocycles. The van der Waals surface area contributed by atoms with Crippen molar-refractivity contribution in [1.29, 1.82) is 0 Å². The third kappa shape index (κ3) is 12.4. The number of aliphatic hydroxyl groups is 11. The van der Waals surface area contributed by atoms with Gasteiger partial charge in [-0.2, -0.15) is 0 Å². The van der Waals surface area contributed by atoms with Crippen molar-refractivity contribution in [2.24, 2.45) is 0 Å². The van der Waals surface area contributed by atoms with Crippen LogP contribution in [-0.2, 0) is 33.2 Å². The van der Waals surface area contributed by atoms with Gasteiger partial charge in [-0.25, -0.2) is 0 Å². The number of carbonyl (C=O) groups is 1. The molecule has 0 saturated carbocycles. The van der Waals surface area contributed by atoms with Crippen LogP contribution in [0.2, 0.25) is 0 Å². The molecule has 3 aliphatic heterocycles. The van der Waals surface area contributed by atoms with Gasteiger partial charge in [-0.05, 0) is 20.8 Å². The molecule has 0 radical (unpaired) electrons. The van der Waals surface area contributed by atoms with Gasteiger partial charge < -0.3 is 94.8 Å². The summed E-state index contributed by atoms with van der Waals surface area (Å²) >= 11 is 0. The van der Waals surface area contributed by atoms with Gasteiger partial charge in [-0.1, -0.05) is 6.58 Å². The maximum Gasteiger partial charge on any atom is 0.236 e. The zero-order valence-electron chi connectivity index (χ0n) is 30.2. The van der Waals surface area contributed by atoms with Crippen LogP contribution in [0.4, 0.5) is 0 Å². The largest absolute Gasteiger partial charge is 0.394 e. The lowest BCUT2D eigenvalue weighted by molar-refractivity contribution is -0.303. The number of nitrogens with one attached hydrogen (secondary N) is 1. The first-order valence-electron chi connectivity index (χ1n) is 17.6. The van der Waals surface area contributed by atoms with Gasteiger partial charge in [0.15, 0.2) is 18.9 Å². The van der Waals surface area contributed by atoms with Crippen molar-refractivity contribution in [3.63, 3.8) is 0 Å². The van der Waals surface area contributed by atoms with Crippen LogP contribution < -0.4 is 5.32 Å². The van der Waals surface area contributed by atoms with Crippen LogP contribution in [0.5, 0.6) is 0 Å². The van der Waals surface area contributed by atoms with E-state index in [2.05, 4.69) is 11.9 Å². The van der Waals surface area contributed by atoms with Crippen LogP contribution in [0.3, 0.4) is 0 Å². The smallest absolute Gasteiger partial charge is 0.236 e. The number of carbonyl (C=O) groups excluding carboxylic acids is 1. The molecule has 21 heteroatoms. The quantitative estimate of drug-likeness (QED) is 0.0512. The lowest BCUT2D eigenvalue weighted by atomic mass is 9.99. The predicted octanol–water partition coefficient (Wildman–Crippen LogP) is -6.89. The molecule has 15 atom stereocenters. The molecule has 0 aromatic rings. The Morgan fingerprint density at radius 2 is 1.09 bits per heavy atom. The summed E-state index contributed by atoms with van der Waals surface area (Å²) in [6.07, 6.45) is -21.1. The summed E-state index contributed by atoms with van der Waals surface area (Å²) in [6, 6.07) is -0.161. The first-order chi connectivity index (χ1) is 25.0. The van der Waals surface area contributed by atoms with E-state index in [1.165, 1.54) is 4.90 Å². The molecule has 310 valence electrons. The van der Waals surface area contributed by atoms with Gasteiger partial charge in [0.2, 0.25) is 5.91 Å². The topological polar surface area (TPSA) is 313 Å². The van der Waals surface area contributed by atoms with Crippen molar-refractivity contribution in [3.8, 4) is 0 Å². The van der Waals surface area contributed by atoms with Gasteiger partial charge in [-0.3, -0.25) is 9.69 Å². The average Bonchev–Trinajstić information content (AvgIpc) is 3.13. The van der Waals surface area contributed by atoms with E-state index in [9.17, 15) is 61.0 Å². The van der Waals surface area contributed by atoms with Gasteiger partial charge in [0, 0.05) is 37.9 Å². The Kier molecular flexibility index (Phi) is 18.6. The molecule has 3 fully saturated rings. The summed E-state index contributed by atoms with van der Waals surface area (Å²) in [5, 5.41) is 113. The summed E-state index contributed by atoms with van der Waals surface area (Å²) in [5.74, 6) is -0.414. The zero-order chi connectivity index (χ0) is 39.6. The van der Waals surface area contributed by atoms with Crippen LogP contribution >= 0.6 is 0 Å². The molecular weight excluding hydrogens is 714 g/mol. The second kappa shape index (κ2) is 21.6. The Balaban J connectivity index is 1.58. The molecule has 3 saturated heterocycles. The number of hydrogen-bond donors (Lipinski definition) is 12. The van der Waals surface area contributed by atoms with E-state index in [1.807, 2.05) is 13.8 Å². The summed E-state index contributed by atoms with van der Waals surface area (Å²) < 4.78 is 32.9. The number of amides is 1. The second-order valence-corrected chi connectivity index (χ2v) is 13.6. The Morgan fingerprint density at radius 1 is 0.660 bits per heavy atom. The molecule has 53 heavy (non-hydrogen) atoms. The van der Waals surface area contributed by atoms with Crippen LogP contribution in [0, 0.1) is 0 Å². The summed E-state index contributed by atoms with van der Waals surface area (Å²) in [6.45, 7) is 7.65. The van der Waals surface area contributed by atoms with Crippen molar-refractivity contribution >= 4 is 5.91 Å². The minimum atomic E-state index is -1.67. The van der Waals surface area contributed by atoms with E-state index in [0.29, 0.717) is 5.70 Å². The molecule has 3 aliphatic rings. The highest BCUT2D eigenvalue weighted by Gasteiger charge is 2.46. The second-order valence-electron chi connectivity index (χ2n) is 13.6. The molecule has 0 aromatic heterocycles. The maximum atomic E-state index is 13.7. The SMILES string of the molecule is C=C(CN(CC(=O)N(CCOC1O[C@H](CO)[C@@H](O)[C@H](O)[C@@H]1O)CCOC1O[C@H](CO)[C@@H](O)[C@H](O)[C@@H]1O)C(C)C)NCCO[C@@H]1O[C@@H](C)[C@@H](O)[C@@H](O)[C@@H]1O. The molecule has 0 spiro atoms. The van der Waals surface area contributed by atoms with Crippen molar-refractivity contribution < 1.29 is 89.4 Å². The highest BCUT2D eigenvalue weighted by molar-refractivity contribution is 5.78. The summed E-state index contributed by atoms with van der Waals surface area (Å²) in [4.78, 5) is 16.9. The van der Waals surface area contributed by atoms with E-state index >= 15 is 0 Å². The average molecular weight is 774 g/mol. The van der Waals surface area contributed by atoms with Gasteiger partial charge in [0.1, 0.15) is 67.1 Å². The maximum absolute atomic E-state index is 13.7. The van der Waals surface area contributed by atoms with Crippen LogP contribution in [0.1, 0.15) is 20.8 Å². The highest BCUT2D eigenvalue weighted by atomic mass is 16.7. The van der Waals surface area contributed by atoms with Crippen molar-refractivity contribution in [1.82, 2.24) is 15.1 Å². The van der Waals surface area contributed by atoms with Crippen LogP contribution in [0.15, 0.2) is 12.3 Å².